The summed E-state index contributed by atoms with van der Waals surface area (Å²) in [5, 5.41) is 0. The van der Waals surface area contributed by atoms with Crippen LogP contribution < -0.4 is 0 Å². The van der Waals surface area contributed by atoms with Crippen LogP contribution in [0.5, 0.6) is 0 Å². The third-order valence-corrected chi connectivity index (χ3v) is 2.55. The highest BCUT2D eigenvalue weighted by atomic mass is 19.4. The summed E-state index contributed by atoms with van der Waals surface area (Å²) >= 11 is 0. The van der Waals surface area contributed by atoms with Crippen molar-refractivity contribution in [2.45, 2.75) is 25.2 Å². The van der Waals surface area contributed by atoms with E-state index >= 15 is 0 Å². The summed E-state index contributed by atoms with van der Waals surface area (Å²) < 4.78 is 75.2. The van der Waals surface area contributed by atoms with E-state index in [1.807, 2.05) is 0 Å². The van der Waals surface area contributed by atoms with Crippen LogP contribution in [0.2, 0.25) is 0 Å². The molecule has 0 amide bonds. The number of rotatable bonds is 1. The molecule has 2 aromatic rings. The molecule has 2 heterocycles. The molecule has 0 aliphatic heterocycles. The van der Waals surface area contributed by atoms with Crippen molar-refractivity contribution in [2.24, 2.45) is 0 Å². The van der Waals surface area contributed by atoms with Gasteiger partial charge < -0.3 is 4.98 Å². The minimum atomic E-state index is -5.47. The molecular formula is C10H7F6N3. The lowest BCUT2D eigenvalue weighted by Crippen LogP contribution is -2.34. The maximum Gasteiger partial charge on any atom is 0.407 e. The van der Waals surface area contributed by atoms with E-state index in [1.54, 1.807) is 0 Å². The molecule has 0 atom stereocenters. The highest BCUT2D eigenvalue weighted by Crippen LogP contribution is 2.45. The van der Waals surface area contributed by atoms with Crippen LogP contribution in [0.15, 0.2) is 12.3 Å². The van der Waals surface area contributed by atoms with Crippen molar-refractivity contribution >= 4 is 11.2 Å². The molecule has 0 saturated heterocycles. The standard InChI is InChI=1S/C10H7F6N3/c1-4-2-3-17-7-5(4)18-8(19-7)6(9(11,12)13)10(14,15)16/h2-3,6H,1H3,(H,17,18,19). The fourth-order valence-electron chi connectivity index (χ4n) is 1.69. The summed E-state index contributed by atoms with van der Waals surface area (Å²) in [6.07, 6.45) is -9.68. The zero-order valence-corrected chi connectivity index (χ0v) is 9.39. The van der Waals surface area contributed by atoms with Gasteiger partial charge in [-0.2, -0.15) is 26.3 Å². The Morgan fingerprint density at radius 2 is 1.68 bits per heavy atom. The minimum Gasteiger partial charge on any atom is -0.340 e. The van der Waals surface area contributed by atoms with E-state index in [-0.39, 0.29) is 11.2 Å². The molecule has 0 fully saturated rings. The summed E-state index contributed by atoms with van der Waals surface area (Å²) in [4.78, 5) is 9.00. The van der Waals surface area contributed by atoms with E-state index in [4.69, 9.17) is 0 Å². The molecule has 9 heteroatoms. The SMILES string of the molecule is Cc1ccnc2nc(C(C(F)(F)F)C(F)(F)F)[nH]c12. The number of fused-ring (bicyclic) bond motifs is 1. The normalized spacial score (nSPS) is 13.5. The van der Waals surface area contributed by atoms with Crippen LogP contribution in [0.3, 0.4) is 0 Å². The topological polar surface area (TPSA) is 41.6 Å². The van der Waals surface area contributed by atoms with E-state index in [1.165, 1.54) is 19.2 Å². The molecule has 2 rings (SSSR count). The van der Waals surface area contributed by atoms with Crippen LogP contribution in [0.4, 0.5) is 26.3 Å². The molecule has 104 valence electrons. The van der Waals surface area contributed by atoms with Gasteiger partial charge in [0, 0.05) is 6.20 Å². The molecule has 0 aromatic carbocycles. The van der Waals surface area contributed by atoms with Crippen molar-refractivity contribution in [2.75, 3.05) is 0 Å². The Morgan fingerprint density at radius 1 is 1.11 bits per heavy atom. The third kappa shape index (κ3) is 2.49. The smallest absolute Gasteiger partial charge is 0.340 e. The highest BCUT2D eigenvalue weighted by molar-refractivity contribution is 5.74. The average molecular weight is 283 g/mol. The van der Waals surface area contributed by atoms with Crippen molar-refractivity contribution in [3.63, 3.8) is 0 Å². The van der Waals surface area contributed by atoms with Crippen LogP contribution >= 0.6 is 0 Å². The molecule has 0 aliphatic rings. The van der Waals surface area contributed by atoms with E-state index in [0.717, 1.165) is 0 Å². The first-order valence-electron chi connectivity index (χ1n) is 5.05. The first-order chi connectivity index (χ1) is 8.60. The number of hydrogen-bond donors (Lipinski definition) is 1. The Balaban J connectivity index is 2.61. The average Bonchev–Trinajstić information content (AvgIpc) is 2.57. The number of H-pyrrole nitrogens is 1. The lowest BCUT2D eigenvalue weighted by atomic mass is 10.1. The summed E-state index contributed by atoms with van der Waals surface area (Å²) in [6.45, 7) is 1.53. The molecule has 0 bridgehead atoms. The van der Waals surface area contributed by atoms with Crippen molar-refractivity contribution in [3.8, 4) is 0 Å². The van der Waals surface area contributed by atoms with Gasteiger partial charge in [0.25, 0.3) is 0 Å². The summed E-state index contributed by atoms with van der Waals surface area (Å²) in [5.41, 5.74) is 0.358. The van der Waals surface area contributed by atoms with Crippen LogP contribution in [0, 0.1) is 6.92 Å². The molecule has 0 aliphatic carbocycles. The predicted molar refractivity (Wildman–Crippen MR) is 53.5 cm³/mol. The van der Waals surface area contributed by atoms with Gasteiger partial charge in [-0.25, -0.2) is 9.97 Å². The molecule has 0 spiro atoms. The maximum atomic E-state index is 12.5. The molecular weight excluding hydrogens is 276 g/mol. The third-order valence-electron chi connectivity index (χ3n) is 2.55. The number of aromatic nitrogens is 3. The van der Waals surface area contributed by atoms with Gasteiger partial charge >= 0.3 is 12.4 Å². The number of nitrogens with zero attached hydrogens (tertiary/aromatic N) is 2. The van der Waals surface area contributed by atoms with Crippen molar-refractivity contribution in [1.29, 1.82) is 0 Å². The fraction of sp³-hybridized carbons (Fsp3) is 0.400. The molecule has 2 aromatic heterocycles. The second kappa shape index (κ2) is 4.10. The van der Waals surface area contributed by atoms with Crippen LogP contribution in [-0.2, 0) is 0 Å². The van der Waals surface area contributed by atoms with E-state index in [9.17, 15) is 26.3 Å². The Labute approximate surface area is 102 Å². The monoisotopic (exact) mass is 283 g/mol. The van der Waals surface area contributed by atoms with Crippen LogP contribution in [-0.4, -0.2) is 27.3 Å². The largest absolute Gasteiger partial charge is 0.407 e. The Kier molecular flexibility index (Phi) is 2.94. The molecule has 3 nitrogen and oxygen atoms in total. The number of halogens is 6. The molecule has 0 radical (unpaired) electrons. The molecule has 19 heavy (non-hydrogen) atoms. The lowest BCUT2D eigenvalue weighted by molar-refractivity contribution is -0.255. The predicted octanol–water partition coefficient (Wildman–Crippen LogP) is 3.47. The first kappa shape index (κ1) is 13.6. The number of hydrogen-bond acceptors (Lipinski definition) is 2. The minimum absolute atomic E-state index is 0.0657. The Bertz CT molecular complexity index is 583. The zero-order valence-electron chi connectivity index (χ0n) is 9.39. The number of imidazole rings is 1. The highest BCUT2D eigenvalue weighted by Gasteiger charge is 2.59. The number of pyridine rings is 1. The van der Waals surface area contributed by atoms with Gasteiger partial charge in [-0.1, -0.05) is 0 Å². The van der Waals surface area contributed by atoms with Crippen LogP contribution in [0.25, 0.3) is 11.2 Å². The van der Waals surface area contributed by atoms with E-state index in [2.05, 4.69) is 15.0 Å². The van der Waals surface area contributed by atoms with E-state index in [0.29, 0.717) is 5.56 Å². The summed E-state index contributed by atoms with van der Waals surface area (Å²) in [5.74, 6) is -4.84. The van der Waals surface area contributed by atoms with Crippen molar-refractivity contribution in [3.05, 3.63) is 23.7 Å². The summed E-state index contributed by atoms with van der Waals surface area (Å²) in [6, 6.07) is 1.46. The van der Waals surface area contributed by atoms with Crippen LogP contribution in [0.1, 0.15) is 17.3 Å². The Morgan fingerprint density at radius 3 is 2.16 bits per heavy atom. The fourth-order valence-corrected chi connectivity index (χ4v) is 1.69. The summed E-state index contributed by atoms with van der Waals surface area (Å²) in [7, 11) is 0. The Hall–Kier alpha value is -1.80. The van der Waals surface area contributed by atoms with Gasteiger partial charge in [-0.05, 0) is 18.6 Å². The molecule has 1 N–H and O–H groups in total. The van der Waals surface area contributed by atoms with Gasteiger partial charge in [0.15, 0.2) is 5.65 Å². The van der Waals surface area contributed by atoms with Gasteiger partial charge in [0.1, 0.15) is 5.82 Å². The zero-order chi connectivity index (χ0) is 14.4. The van der Waals surface area contributed by atoms with Gasteiger partial charge in [0.2, 0.25) is 5.92 Å². The van der Waals surface area contributed by atoms with Gasteiger partial charge in [0.05, 0.1) is 5.52 Å². The quantitative estimate of drug-likeness (QED) is 0.814. The maximum absolute atomic E-state index is 12.5. The van der Waals surface area contributed by atoms with Crippen molar-refractivity contribution in [1.82, 2.24) is 15.0 Å². The number of aromatic amines is 1. The molecule has 0 unspecified atom stereocenters. The second-order valence-electron chi connectivity index (χ2n) is 3.96. The molecule has 0 saturated carbocycles. The van der Waals surface area contributed by atoms with Crippen molar-refractivity contribution < 1.29 is 26.3 Å². The number of alkyl halides is 6. The lowest BCUT2D eigenvalue weighted by Gasteiger charge is -2.20. The number of aryl methyl sites for hydroxylation is 1. The van der Waals surface area contributed by atoms with E-state index < -0.39 is 24.1 Å². The second-order valence-corrected chi connectivity index (χ2v) is 3.96. The van der Waals surface area contributed by atoms with Gasteiger partial charge in [-0.3, -0.25) is 0 Å². The number of nitrogens with one attached hydrogen (secondary N) is 1. The first-order valence-corrected chi connectivity index (χ1v) is 5.05. The van der Waals surface area contributed by atoms with Gasteiger partial charge in [-0.15, -0.1) is 0 Å².